The highest BCUT2D eigenvalue weighted by molar-refractivity contribution is 5.33. The van der Waals surface area contributed by atoms with Crippen LogP contribution in [0.4, 0.5) is 4.39 Å². The summed E-state index contributed by atoms with van der Waals surface area (Å²) in [6.45, 7) is 3.19. The molecule has 0 radical (unpaired) electrons. The molecule has 2 aromatic rings. The van der Waals surface area contributed by atoms with Gasteiger partial charge in [-0.3, -0.25) is 0 Å². The normalized spacial score (nSPS) is 12.1. The van der Waals surface area contributed by atoms with Gasteiger partial charge >= 0.3 is 0 Å². The van der Waals surface area contributed by atoms with Crippen molar-refractivity contribution in [3.05, 3.63) is 65.5 Å². The molecule has 0 fully saturated rings. The number of aryl methyl sites for hydroxylation is 1. The van der Waals surface area contributed by atoms with Crippen LogP contribution in [-0.4, -0.2) is 13.2 Å². The Morgan fingerprint density at radius 1 is 1.09 bits per heavy atom. The largest absolute Gasteiger partial charge is 0.493 e. The Morgan fingerprint density at radius 3 is 2.55 bits per heavy atom. The standard InChI is InChI=1S/C19H24FNO/c1-2-15-8-3-6-12-19(15)22-13-7-9-16(14-21)17-10-4-5-11-18(17)20/h3-6,8,10-12,16H,2,7,9,13-14,21H2,1H3. The zero-order valence-electron chi connectivity index (χ0n) is 13.1. The van der Waals surface area contributed by atoms with E-state index in [0.29, 0.717) is 18.7 Å². The van der Waals surface area contributed by atoms with Gasteiger partial charge in [-0.1, -0.05) is 43.3 Å². The predicted molar refractivity (Wildman–Crippen MR) is 88.7 cm³/mol. The number of hydrogen-bond donors (Lipinski definition) is 1. The second-order valence-electron chi connectivity index (χ2n) is 5.41. The zero-order chi connectivity index (χ0) is 15.8. The molecular formula is C19H24FNO. The quantitative estimate of drug-likeness (QED) is 0.738. The Labute approximate surface area is 132 Å². The van der Waals surface area contributed by atoms with E-state index in [1.165, 1.54) is 11.6 Å². The smallest absolute Gasteiger partial charge is 0.126 e. The van der Waals surface area contributed by atoms with Crippen LogP contribution >= 0.6 is 0 Å². The number of para-hydroxylation sites is 1. The van der Waals surface area contributed by atoms with Crippen LogP contribution in [0.1, 0.15) is 36.8 Å². The molecule has 0 aliphatic heterocycles. The number of rotatable bonds is 8. The van der Waals surface area contributed by atoms with Crippen LogP contribution in [0, 0.1) is 5.82 Å². The first kappa shape index (κ1) is 16.5. The molecule has 0 bridgehead atoms. The molecule has 2 aromatic carbocycles. The van der Waals surface area contributed by atoms with E-state index in [-0.39, 0.29) is 11.7 Å². The topological polar surface area (TPSA) is 35.2 Å². The molecule has 2 rings (SSSR count). The van der Waals surface area contributed by atoms with E-state index >= 15 is 0 Å². The van der Waals surface area contributed by atoms with E-state index < -0.39 is 0 Å². The Kier molecular flexibility index (Phi) is 6.41. The van der Waals surface area contributed by atoms with E-state index in [9.17, 15) is 4.39 Å². The van der Waals surface area contributed by atoms with E-state index in [1.54, 1.807) is 6.07 Å². The summed E-state index contributed by atoms with van der Waals surface area (Å²) in [5.41, 5.74) is 7.73. The highest BCUT2D eigenvalue weighted by atomic mass is 19.1. The van der Waals surface area contributed by atoms with Crippen LogP contribution in [-0.2, 0) is 6.42 Å². The van der Waals surface area contributed by atoms with Gasteiger partial charge in [-0.2, -0.15) is 0 Å². The molecule has 3 heteroatoms. The van der Waals surface area contributed by atoms with Gasteiger partial charge in [0.2, 0.25) is 0 Å². The highest BCUT2D eigenvalue weighted by Crippen LogP contribution is 2.24. The van der Waals surface area contributed by atoms with Crippen LogP contribution in [0.5, 0.6) is 5.75 Å². The molecule has 0 saturated heterocycles. The van der Waals surface area contributed by atoms with Crippen molar-refractivity contribution < 1.29 is 9.13 Å². The third kappa shape index (κ3) is 4.31. The maximum atomic E-state index is 13.8. The zero-order valence-corrected chi connectivity index (χ0v) is 13.1. The van der Waals surface area contributed by atoms with Crippen molar-refractivity contribution in [3.8, 4) is 5.75 Å². The lowest BCUT2D eigenvalue weighted by Crippen LogP contribution is -2.15. The molecule has 1 unspecified atom stereocenters. The Hall–Kier alpha value is -1.87. The van der Waals surface area contributed by atoms with Crippen LogP contribution in [0.3, 0.4) is 0 Å². The van der Waals surface area contributed by atoms with Crippen molar-refractivity contribution in [2.45, 2.75) is 32.1 Å². The minimum Gasteiger partial charge on any atom is -0.493 e. The molecule has 22 heavy (non-hydrogen) atoms. The molecule has 118 valence electrons. The Morgan fingerprint density at radius 2 is 1.82 bits per heavy atom. The summed E-state index contributed by atoms with van der Waals surface area (Å²) in [5, 5.41) is 0. The Bertz CT molecular complexity index is 585. The minimum atomic E-state index is -0.171. The number of ether oxygens (including phenoxy) is 1. The maximum Gasteiger partial charge on any atom is 0.126 e. The van der Waals surface area contributed by atoms with Crippen molar-refractivity contribution in [2.75, 3.05) is 13.2 Å². The number of halogens is 1. The molecule has 0 heterocycles. The number of benzene rings is 2. The summed E-state index contributed by atoms with van der Waals surface area (Å²) in [4.78, 5) is 0. The van der Waals surface area contributed by atoms with E-state index in [1.807, 2.05) is 30.3 Å². The first-order chi connectivity index (χ1) is 10.8. The Balaban J connectivity index is 1.86. The third-order valence-corrected chi connectivity index (χ3v) is 3.94. The van der Waals surface area contributed by atoms with Gasteiger partial charge in [0.15, 0.2) is 0 Å². The summed E-state index contributed by atoms with van der Waals surface area (Å²) < 4.78 is 19.7. The van der Waals surface area contributed by atoms with E-state index in [0.717, 1.165) is 25.0 Å². The lowest BCUT2D eigenvalue weighted by Gasteiger charge is -2.16. The molecular weight excluding hydrogens is 277 g/mol. The molecule has 1 atom stereocenters. The van der Waals surface area contributed by atoms with Crippen molar-refractivity contribution in [3.63, 3.8) is 0 Å². The maximum absolute atomic E-state index is 13.8. The summed E-state index contributed by atoms with van der Waals surface area (Å²) in [7, 11) is 0. The van der Waals surface area contributed by atoms with Gasteiger partial charge < -0.3 is 10.5 Å². The first-order valence-electron chi connectivity index (χ1n) is 7.91. The van der Waals surface area contributed by atoms with Gasteiger partial charge in [-0.05, 0) is 55.0 Å². The third-order valence-electron chi connectivity index (χ3n) is 3.94. The summed E-state index contributed by atoms with van der Waals surface area (Å²) in [6, 6.07) is 15.0. The van der Waals surface area contributed by atoms with Crippen LogP contribution in [0.15, 0.2) is 48.5 Å². The number of hydrogen-bond acceptors (Lipinski definition) is 2. The van der Waals surface area contributed by atoms with Crippen molar-refractivity contribution >= 4 is 0 Å². The van der Waals surface area contributed by atoms with Crippen LogP contribution in [0.25, 0.3) is 0 Å². The monoisotopic (exact) mass is 301 g/mol. The van der Waals surface area contributed by atoms with E-state index in [2.05, 4.69) is 13.0 Å². The molecule has 2 N–H and O–H groups in total. The van der Waals surface area contributed by atoms with E-state index in [4.69, 9.17) is 10.5 Å². The average molecular weight is 301 g/mol. The van der Waals surface area contributed by atoms with Crippen LogP contribution in [0.2, 0.25) is 0 Å². The lowest BCUT2D eigenvalue weighted by atomic mass is 9.94. The van der Waals surface area contributed by atoms with Gasteiger partial charge in [-0.25, -0.2) is 4.39 Å². The molecule has 0 aliphatic rings. The SMILES string of the molecule is CCc1ccccc1OCCCC(CN)c1ccccc1F. The second-order valence-corrected chi connectivity index (χ2v) is 5.41. The van der Waals surface area contributed by atoms with Crippen molar-refractivity contribution in [2.24, 2.45) is 5.73 Å². The molecule has 0 aliphatic carbocycles. The lowest BCUT2D eigenvalue weighted by molar-refractivity contribution is 0.298. The van der Waals surface area contributed by atoms with Crippen molar-refractivity contribution in [1.29, 1.82) is 0 Å². The summed E-state index contributed by atoms with van der Waals surface area (Å²) in [5.74, 6) is 0.821. The molecule has 0 saturated carbocycles. The fourth-order valence-corrected chi connectivity index (χ4v) is 2.66. The summed E-state index contributed by atoms with van der Waals surface area (Å²) in [6.07, 6.45) is 2.64. The molecule has 0 spiro atoms. The first-order valence-corrected chi connectivity index (χ1v) is 7.91. The average Bonchev–Trinajstić information content (AvgIpc) is 2.56. The van der Waals surface area contributed by atoms with Gasteiger partial charge in [0.25, 0.3) is 0 Å². The predicted octanol–water partition coefficient (Wildman–Crippen LogP) is 4.29. The van der Waals surface area contributed by atoms with Gasteiger partial charge in [0.1, 0.15) is 11.6 Å². The second kappa shape index (κ2) is 8.54. The highest BCUT2D eigenvalue weighted by Gasteiger charge is 2.13. The van der Waals surface area contributed by atoms with Crippen LogP contribution < -0.4 is 10.5 Å². The number of nitrogens with two attached hydrogens (primary N) is 1. The van der Waals surface area contributed by atoms with Gasteiger partial charge in [0, 0.05) is 0 Å². The minimum absolute atomic E-state index is 0.0474. The molecule has 0 aromatic heterocycles. The fraction of sp³-hybridized carbons (Fsp3) is 0.368. The molecule has 0 amide bonds. The fourth-order valence-electron chi connectivity index (χ4n) is 2.66. The molecule has 2 nitrogen and oxygen atoms in total. The van der Waals surface area contributed by atoms with Gasteiger partial charge in [0.05, 0.1) is 6.61 Å². The van der Waals surface area contributed by atoms with Crippen molar-refractivity contribution in [1.82, 2.24) is 0 Å². The van der Waals surface area contributed by atoms with Gasteiger partial charge in [-0.15, -0.1) is 0 Å². The summed E-state index contributed by atoms with van der Waals surface area (Å²) >= 11 is 0.